The average Bonchev–Trinajstić information content (AvgIpc) is 3.45. The number of aliphatic imine (C=N–C) groups is 1. The van der Waals surface area contributed by atoms with Gasteiger partial charge in [-0.05, 0) is 48.0 Å². The number of carbonyl (C=O) groups excluding carboxylic acids is 1. The molecule has 2 aliphatic rings. The number of hydrogen-bond donors (Lipinski definition) is 3. The van der Waals surface area contributed by atoms with E-state index in [9.17, 15) is 18.0 Å². The van der Waals surface area contributed by atoms with Gasteiger partial charge in [-0.3, -0.25) is 14.8 Å². The number of hydrogen-bond acceptors (Lipinski definition) is 7. The van der Waals surface area contributed by atoms with Crippen molar-refractivity contribution in [2.24, 2.45) is 4.99 Å². The minimum atomic E-state index is -3.77. The fourth-order valence-corrected chi connectivity index (χ4v) is 3.56. The van der Waals surface area contributed by atoms with Crippen molar-refractivity contribution in [3.63, 3.8) is 0 Å². The number of anilines is 2. The summed E-state index contributed by atoms with van der Waals surface area (Å²) in [6.45, 7) is 1.80. The second-order valence-electron chi connectivity index (χ2n) is 7.53. The van der Waals surface area contributed by atoms with Gasteiger partial charge in [0.05, 0.1) is 12.1 Å². The van der Waals surface area contributed by atoms with Crippen LogP contribution < -0.4 is 25.4 Å². The molecule has 3 heterocycles. The Labute approximate surface area is 191 Å². The molecule has 34 heavy (non-hydrogen) atoms. The minimum absolute atomic E-state index is 0.0408. The van der Waals surface area contributed by atoms with Crippen LogP contribution in [-0.2, 0) is 6.54 Å². The fourth-order valence-electron chi connectivity index (χ4n) is 3.56. The number of rotatable bonds is 6. The van der Waals surface area contributed by atoms with Crippen LogP contribution in [0.25, 0.3) is 0 Å². The molecule has 0 saturated heterocycles. The van der Waals surface area contributed by atoms with Crippen LogP contribution in [0.5, 0.6) is 11.5 Å². The van der Waals surface area contributed by atoms with Crippen LogP contribution in [0.1, 0.15) is 21.6 Å². The third kappa shape index (κ3) is 4.58. The van der Waals surface area contributed by atoms with Crippen molar-refractivity contribution < 1.29 is 27.4 Å². The van der Waals surface area contributed by atoms with E-state index < -0.39 is 18.0 Å². The summed E-state index contributed by atoms with van der Waals surface area (Å²) >= 11 is 0. The Morgan fingerprint density at radius 3 is 2.76 bits per heavy atom. The normalized spacial score (nSPS) is 15.4. The largest absolute Gasteiger partial charge is 0.586 e. The van der Waals surface area contributed by atoms with Gasteiger partial charge in [-0.25, -0.2) is 4.39 Å². The molecule has 5 rings (SSSR count). The summed E-state index contributed by atoms with van der Waals surface area (Å²) in [4.78, 5) is 21.5. The summed E-state index contributed by atoms with van der Waals surface area (Å²) in [5, 5.41) is 8.86. The maximum Gasteiger partial charge on any atom is 0.586 e. The van der Waals surface area contributed by atoms with E-state index >= 15 is 0 Å². The molecular formula is C23H18F3N5O3. The average molecular weight is 469 g/mol. The number of amidine groups is 1. The SMILES string of the molecule is O=C(Nc1ccc2c(c1)OC(F)(F)O2)c1cc(F)ccc1NCc1ccnc(C2=NCCN2)c1. The Bertz CT molecular complexity index is 1300. The van der Waals surface area contributed by atoms with Gasteiger partial charge in [0.25, 0.3) is 5.91 Å². The van der Waals surface area contributed by atoms with Gasteiger partial charge in [0.2, 0.25) is 0 Å². The number of halogens is 3. The lowest BCUT2D eigenvalue weighted by Gasteiger charge is -2.13. The van der Waals surface area contributed by atoms with Crippen molar-refractivity contribution in [3.05, 3.63) is 77.4 Å². The molecule has 0 radical (unpaired) electrons. The lowest BCUT2D eigenvalue weighted by Crippen LogP contribution is -2.25. The number of fused-ring (bicyclic) bond motifs is 1. The Balaban J connectivity index is 1.31. The summed E-state index contributed by atoms with van der Waals surface area (Å²) in [5.74, 6) is -0.864. The number of ether oxygens (including phenoxy) is 2. The molecule has 0 aliphatic carbocycles. The quantitative estimate of drug-likeness (QED) is 0.509. The zero-order chi connectivity index (χ0) is 23.7. The molecule has 0 unspecified atom stereocenters. The zero-order valence-electron chi connectivity index (χ0n) is 17.6. The number of nitrogens with zero attached hydrogens (tertiary/aromatic N) is 2. The van der Waals surface area contributed by atoms with Crippen LogP contribution in [-0.4, -0.2) is 36.1 Å². The van der Waals surface area contributed by atoms with Crippen molar-refractivity contribution in [2.45, 2.75) is 12.8 Å². The first-order valence-electron chi connectivity index (χ1n) is 10.3. The molecule has 2 aromatic carbocycles. The van der Waals surface area contributed by atoms with Gasteiger partial charge in [0.15, 0.2) is 11.5 Å². The predicted octanol–water partition coefficient (Wildman–Crippen LogP) is 3.76. The fraction of sp³-hybridized carbons (Fsp3) is 0.174. The number of amides is 1. The minimum Gasteiger partial charge on any atom is -0.395 e. The highest BCUT2D eigenvalue weighted by Gasteiger charge is 2.43. The molecule has 0 saturated carbocycles. The van der Waals surface area contributed by atoms with E-state index in [0.29, 0.717) is 24.5 Å². The van der Waals surface area contributed by atoms with E-state index in [4.69, 9.17) is 0 Å². The smallest absolute Gasteiger partial charge is 0.395 e. The Hall–Kier alpha value is -4.28. The van der Waals surface area contributed by atoms with Crippen molar-refractivity contribution in [1.82, 2.24) is 10.3 Å². The number of benzene rings is 2. The number of carbonyl (C=O) groups is 1. The van der Waals surface area contributed by atoms with Crippen LogP contribution in [0, 0.1) is 5.82 Å². The highest BCUT2D eigenvalue weighted by molar-refractivity contribution is 6.08. The van der Waals surface area contributed by atoms with Crippen molar-refractivity contribution in [2.75, 3.05) is 23.7 Å². The molecule has 1 amide bonds. The first-order valence-corrected chi connectivity index (χ1v) is 10.3. The zero-order valence-corrected chi connectivity index (χ0v) is 17.6. The monoisotopic (exact) mass is 469 g/mol. The molecule has 8 nitrogen and oxygen atoms in total. The molecule has 2 aliphatic heterocycles. The summed E-state index contributed by atoms with van der Waals surface area (Å²) in [6.07, 6.45) is -2.10. The van der Waals surface area contributed by atoms with E-state index in [1.165, 1.54) is 30.3 Å². The van der Waals surface area contributed by atoms with Gasteiger partial charge in [-0.1, -0.05) is 0 Å². The molecule has 3 aromatic rings. The van der Waals surface area contributed by atoms with Crippen LogP contribution in [0.4, 0.5) is 24.5 Å². The molecule has 1 aromatic heterocycles. The predicted molar refractivity (Wildman–Crippen MR) is 118 cm³/mol. The molecule has 0 bridgehead atoms. The van der Waals surface area contributed by atoms with Gasteiger partial charge >= 0.3 is 6.29 Å². The first-order chi connectivity index (χ1) is 16.4. The van der Waals surface area contributed by atoms with Gasteiger partial charge in [0, 0.05) is 36.7 Å². The first kappa shape index (κ1) is 21.6. The van der Waals surface area contributed by atoms with E-state index in [1.54, 1.807) is 6.20 Å². The van der Waals surface area contributed by atoms with E-state index in [2.05, 4.69) is 35.4 Å². The summed E-state index contributed by atoms with van der Waals surface area (Å²) < 4.78 is 49.2. The number of nitrogens with one attached hydrogen (secondary N) is 3. The van der Waals surface area contributed by atoms with Gasteiger partial charge < -0.3 is 25.4 Å². The Morgan fingerprint density at radius 1 is 1.09 bits per heavy atom. The molecule has 0 spiro atoms. The molecular weight excluding hydrogens is 451 g/mol. The van der Waals surface area contributed by atoms with Crippen molar-refractivity contribution in [1.29, 1.82) is 0 Å². The van der Waals surface area contributed by atoms with Gasteiger partial charge in [-0.2, -0.15) is 0 Å². The van der Waals surface area contributed by atoms with Crippen molar-refractivity contribution >= 4 is 23.1 Å². The second kappa shape index (κ2) is 8.58. The highest BCUT2D eigenvalue weighted by Crippen LogP contribution is 2.42. The Morgan fingerprint density at radius 2 is 1.94 bits per heavy atom. The maximum absolute atomic E-state index is 13.9. The summed E-state index contributed by atoms with van der Waals surface area (Å²) in [7, 11) is 0. The van der Waals surface area contributed by atoms with Crippen molar-refractivity contribution in [3.8, 4) is 11.5 Å². The van der Waals surface area contributed by atoms with Crippen LogP contribution in [0.15, 0.2) is 59.7 Å². The standard InChI is InChI=1S/C23H18F3N5O3/c24-14-1-3-17(30-12-13-5-6-27-18(9-13)21-28-7-8-29-21)16(10-14)22(32)31-15-2-4-19-20(11-15)34-23(25,26)33-19/h1-6,9-11,30H,7-8,12H2,(H,28,29)(H,31,32). The maximum atomic E-state index is 13.9. The van der Waals surface area contributed by atoms with Gasteiger partial charge in [0.1, 0.15) is 17.3 Å². The summed E-state index contributed by atoms with van der Waals surface area (Å²) in [5.41, 5.74) is 2.21. The molecule has 0 atom stereocenters. The number of alkyl halides is 2. The molecule has 0 fully saturated rings. The third-order valence-electron chi connectivity index (χ3n) is 5.11. The third-order valence-corrected chi connectivity index (χ3v) is 5.11. The van der Waals surface area contributed by atoms with Crippen LogP contribution in [0.2, 0.25) is 0 Å². The molecule has 174 valence electrons. The van der Waals surface area contributed by atoms with Gasteiger partial charge in [-0.15, -0.1) is 8.78 Å². The van der Waals surface area contributed by atoms with E-state index in [-0.39, 0.29) is 22.7 Å². The van der Waals surface area contributed by atoms with E-state index in [1.807, 2.05) is 12.1 Å². The Kier molecular flexibility index (Phi) is 5.44. The van der Waals surface area contributed by atoms with Crippen LogP contribution >= 0.6 is 0 Å². The number of aromatic nitrogens is 1. The second-order valence-corrected chi connectivity index (χ2v) is 7.53. The highest BCUT2D eigenvalue weighted by atomic mass is 19.3. The lowest BCUT2D eigenvalue weighted by atomic mass is 10.1. The van der Waals surface area contributed by atoms with E-state index in [0.717, 1.165) is 24.0 Å². The van der Waals surface area contributed by atoms with Crippen LogP contribution in [0.3, 0.4) is 0 Å². The lowest BCUT2D eigenvalue weighted by molar-refractivity contribution is -0.286. The topological polar surface area (TPSA) is 96.9 Å². The summed E-state index contributed by atoms with van der Waals surface area (Å²) in [6, 6.07) is 11.3. The molecule has 3 N–H and O–H groups in total. The number of pyridine rings is 1. The molecule has 11 heteroatoms.